The third-order valence-electron chi connectivity index (χ3n) is 11.7. The van der Waals surface area contributed by atoms with Crippen LogP contribution in [0.25, 0.3) is 0 Å². The predicted octanol–water partition coefficient (Wildman–Crippen LogP) is 1.42. The molecule has 3 aromatic rings. The Kier molecular flexibility index (Phi) is 20.9. The number of thioether (sulfide) groups is 1. The molecule has 370 valence electrons. The van der Waals surface area contributed by atoms with Gasteiger partial charge in [0.2, 0.25) is 53.2 Å². The van der Waals surface area contributed by atoms with Gasteiger partial charge in [0.15, 0.2) is 0 Å². The summed E-state index contributed by atoms with van der Waals surface area (Å²) in [4.78, 5) is 120. The van der Waals surface area contributed by atoms with Crippen molar-refractivity contribution in [3.8, 4) is 0 Å². The zero-order chi connectivity index (χ0) is 49.9. The topological polar surface area (TPSA) is 272 Å². The Morgan fingerprint density at radius 1 is 0.710 bits per heavy atom. The number of benzene rings is 3. The van der Waals surface area contributed by atoms with Gasteiger partial charge in [-0.3, -0.25) is 48.1 Å². The van der Waals surface area contributed by atoms with Crippen LogP contribution in [0.15, 0.2) is 84.9 Å². The Labute approximate surface area is 407 Å². The Morgan fingerprint density at radius 2 is 1.33 bits per heavy atom. The van der Waals surface area contributed by atoms with Crippen molar-refractivity contribution in [2.45, 2.75) is 107 Å². The number of β-lactam (4-membered cyclic amide) rings is 1. The summed E-state index contributed by atoms with van der Waals surface area (Å²) in [6.07, 6.45) is 2.83. The smallest absolute Gasteiger partial charge is 0.247 e. The van der Waals surface area contributed by atoms with Crippen molar-refractivity contribution in [2.75, 3.05) is 36.8 Å². The average molecular weight is 968 g/mol. The highest BCUT2D eigenvalue weighted by Gasteiger charge is 2.40. The minimum atomic E-state index is -1.08. The van der Waals surface area contributed by atoms with Crippen molar-refractivity contribution in [1.82, 2.24) is 31.5 Å². The number of likely N-dealkylation sites (tertiary alicyclic amines) is 1. The van der Waals surface area contributed by atoms with Gasteiger partial charge in [-0.2, -0.15) is 0 Å². The van der Waals surface area contributed by atoms with E-state index in [4.69, 9.17) is 11.5 Å². The van der Waals surface area contributed by atoms with Gasteiger partial charge in [0.25, 0.3) is 0 Å². The van der Waals surface area contributed by atoms with Crippen LogP contribution in [0.1, 0.15) is 75.5 Å². The zero-order valence-corrected chi connectivity index (χ0v) is 40.1. The molecule has 5 atom stereocenters. The van der Waals surface area contributed by atoms with Crippen LogP contribution in [0.5, 0.6) is 0 Å². The van der Waals surface area contributed by atoms with Gasteiger partial charge in [0.1, 0.15) is 18.1 Å². The molecule has 0 saturated carbocycles. The molecule has 2 heterocycles. The maximum Gasteiger partial charge on any atom is 0.247 e. The van der Waals surface area contributed by atoms with Gasteiger partial charge in [0, 0.05) is 44.5 Å². The molecule has 18 nitrogen and oxygen atoms in total. The minimum Gasteiger partial charge on any atom is -0.354 e. The molecule has 0 aliphatic carbocycles. The summed E-state index contributed by atoms with van der Waals surface area (Å²) in [6, 6.07) is 21.0. The van der Waals surface area contributed by atoms with E-state index in [-0.39, 0.29) is 74.6 Å². The number of nitrogens with zero attached hydrogens (tertiary/aromatic N) is 2. The number of amides is 9. The Hall–Kier alpha value is -6.44. The van der Waals surface area contributed by atoms with E-state index in [1.807, 2.05) is 74.5 Å². The molecule has 69 heavy (non-hydrogen) atoms. The SMILES string of the molecule is CC(C)C[C@@H](NC(=O)[C@@H](Cc1ccccc1)NC(=O)[C@H](N)Cc1ccccc1)C(=O)N[C@H](CCCCN)C(=O)NCC(=O)NCCSC1CC(=O)N(c2ccc(CCC(=O)N3CCC3=O)cc2)C1=O. The summed E-state index contributed by atoms with van der Waals surface area (Å²) < 4.78 is 0. The van der Waals surface area contributed by atoms with Crippen LogP contribution in [0.3, 0.4) is 0 Å². The van der Waals surface area contributed by atoms with E-state index in [0.29, 0.717) is 50.2 Å². The van der Waals surface area contributed by atoms with Crippen LogP contribution in [-0.2, 0) is 62.4 Å². The molecule has 2 aliphatic rings. The molecule has 1 unspecified atom stereocenters. The van der Waals surface area contributed by atoms with Crippen molar-refractivity contribution in [3.05, 3.63) is 102 Å². The van der Waals surface area contributed by atoms with Crippen molar-refractivity contribution in [2.24, 2.45) is 17.4 Å². The largest absolute Gasteiger partial charge is 0.354 e. The van der Waals surface area contributed by atoms with E-state index in [0.717, 1.165) is 21.6 Å². The molecule has 19 heteroatoms. The number of nitrogens with two attached hydrogens (primary N) is 2. The first kappa shape index (κ1) is 53.5. The molecular weight excluding hydrogens is 903 g/mol. The van der Waals surface area contributed by atoms with Gasteiger partial charge in [0.05, 0.1) is 23.5 Å². The summed E-state index contributed by atoms with van der Waals surface area (Å²) in [5.41, 5.74) is 14.9. The second kappa shape index (κ2) is 26.9. The van der Waals surface area contributed by atoms with Gasteiger partial charge in [-0.1, -0.05) is 86.6 Å². The molecule has 5 rings (SSSR count). The Bertz CT molecular complexity index is 2270. The molecule has 3 aromatic carbocycles. The zero-order valence-electron chi connectivity index (χ0n) is 39.3. The fourth-order valence-corrected chi connectivity index (χ4v) is 8.85. The molecular formula is C50H65N9O9S. The number of hydrogen-bond acceptors (Lipinski definition) is 12. The van der Waals surface area contributed by atoms with Crippen LogP contribution in [-0.4, -0.2) is 119 Å². The number of rotatable bonds is 27. The average Bonchev–Trinajstić information content (AvgIpc) is 3.61. The number of imide groups is 2. The summed E-state index contributed by atoms with van der Waals surface area (Å²) in [5.74, 6) is -3.74. The van der Waals surface area contributed by atoms with Crippen molar-refractivity contribution < 1.29 is 43.2 Å². The van der Waals surface area contributed by atoms with Gasteiger partial charge in [-0.05, 0) is 79.8 Å². The molecule has 0 radical (unpaired) electrons. The lowest BCUT2D eigenvalue weighted by atomic mass is 9.99. The maximum absolute atomic E-state index is 14.0. The second-order valence-corrected chi connectivity index (χ2v) is 18.9. The first-order chi connectivity index (χ1) is 33.1. The molecule has 0 spiro atoms. The van der Waals surface area contributed by atoms with Crippen LogP contribution in [0, 0.1) is 5.92 Å². The van der Waals surface area contributed by atoms with E-state index in [9.17, 15) is 43.2 Å². The molecule has 2 aliphatic heterocycles. The summed E-state index contributed by atoms with van der Waals surface area (Å²) in [5, 5.41) is 13.0. The first-order valence-electron chi connectivity index (χ1n) is 23.5. The second-order valence-electron chi connectivity index (χ2n) is 17.6. The number of carbonyl (C=O) groups excluding carboxylic acids is 9. The van der Waals surface area contributed by atoms with Crippen molar-refractivity contribution >= 4 is 70.6 Å². The minimum absolute atomic E-state index is 0.0126. The number of carbonyl (C=O) groups is 9. The lowest BCUT2D eigenvalue weighted by Crippen LogP contribution is -2.58. The van der Waals surface area contributed by atoms with E-state index >= 15 is 0 Å². The number of unbranched alkanes of at least 4 members (excludes halogenated alkanes) is 1. The quantitative estimate of drug-likeness (QED) is 0.0325. The number of nitrogens with one attached hydrogen (secondary N) is 5. The highest BCUT2D eigenvalue weighted by atomic mass is 32.2. The normalized spacial score (nSPS) is 16.2. The summed E-state index contributed by atoms with van der Waals surface area (Å²) in [7, 11) is 0. The number of aryl methyl sites for hydroxylation is 1. The maximum atomic E-state index is 14.0. The third-order valence-corrected chi connectivity index (χ3v) is 12.9. The van der Waals surface area contributed by atoms with Gasteiger partial charge < -0.3 is 38.1 Å². The van der Waals surface area contributed by atoms with Crippen LogP contribution < -0.4 is 43.0 Å². The molecule has 0 aromatic heterocycles. The summed E-state index contributed by atoms with van der Waals surface area (Å²) in [6.45, 7) is 4.32. The van der Waals surface area contributed by atoms with Gasteiger partial charge in [-0.25, -0.2) is 4.90 Å². The lowest BCUT2D eigenvalue weighted by molar-refractivity contribution is -0.152. The fourth-order valence-electron chi connectivity index (χ4n) is 7.83. The highest BCUT2D eigenvalue weighted by molar-refractivity contribution is 8.00. The van der Waals surface area contributed by atoms with Crippen molar-refractivity contribution in [1.29, 1.82) is 0 Å². The van der Waals surface area contributed by atoms with Crippen LogP contribution in [0.2, 0.25) is 0 Å². The number of hydrogen-bond donors (Lipinski definition) is 7. The van der Waals surface area contributed by atoms with Crippen LogP contribution in [0.4, 0.5) is 5.69 Å². The Morgan fingerprint density at radius 3 is 1.94 bits per heavy atom. The standard InChI is InChI=1S/C50H65N9O9S/c1-32(2)27-39(57-49(67)40(29-35-13-7-4-8-14-35)56-46(64)37(52)28-34-11-5-3-6-12-34)48(66)55-38(15-9-10-23-51)47(65)54-31-42(60)53-24-26-69-41-30-45(63)59(50(41)68)36-19-16-33(17-20-36)18-21-43(61)58-25-22-44(58)62/h3-8,11-14,16-17,19-20,32,37-41H,9-10,15,18,21-31,51-52H2,1-2H3,(H,53,60)(H,54,65)(H,55,66)(H,56,64)(H,57,67)/t37-,38-,39-,40-,41?/m1/s1. The van der Waals surface area contributed by atoms with Gasteiger partial charge >= 0.3 is 0 Å². The Balaban J connectivity index is 1.10. The highest BCUT2D eigenvalue weighted by Crippen LogP contribution is 2.30. The predicted molar refractivity (Wildman–Crippen MR) is 262 cm³/mol. The molecule has 9 N–H and O–H groups in total. The van der Waals surface area contributed by atoms with Gasteiger partial charge in [-0.15, -0.1) is 11.8 Å². The fraction of sp³-hybridized carbons (Fsp3) is 0.460. The lowest BCUT2D eigenvalue weighted by Gasteiger charge is -2.28. The third kappa shape index (κ3) is 16.6. The monoisotopic (exact) mass is 967 g/mol. The van der Waals surface area contributed by atoms with E-state index in [1.54, 1.807) is 24.3 Å². The first-order valence-corrected chi connectivity index (χ1v) is 24.6. The molecule has 2 fully saturated rings. The number of anilines is 1. The molecule has 9 amide bonds. The summed E-state index contributed by atoms with van der Waals surface area (Å²) >= 11 is 1.23. The van der Waals surface area contributed by atoms with E-state index in [2.05, 4.69) is 26.6 Å². The van der Waals surface area contributed by atoms with E-state index in [1.165, 1.54) is 16.7 Å². The molecule has 2 saturated heterocycles. The van der Waals surface area contributed by atoms with Crippen LogP contribution >= 0.6 is 11.8 Å². The van der Waals surface area contributed by atoms with E-state index < -0.39 is 65.5 Å². The molecule has 0 bridgehead atoms. The van der Waals surface area contributed by atoms with Crippen molar-refractivity contribution in [3.63, 3.8) is 0 Å².